The third kappa shape index (κ3) is 4.25. The summed E-state index contributed by atoms with van der Waals surface area (Å²) in [6.07, 6.45) is 2.70. The first-order valence-electron chi connectivity index (χ1n) is 10.5. The zero-order valence-electron chi connectivity index (χ0n) is 18.3. The molecule has 168 valence electrons. The van der Waals surface area contributed by atoms with Crippen LogP contribution in [0.1, 0.15) is 41.1 Å². The highest BCUT2D eigenvalue weighted by Crippen LogP contribution is 2.42. The number of nitrogens with one attached hydrogen (secondary N) is 1. The van der Waals surface area contributed by atoms with Crippen molar-refractivity contribution >= 4 is 40.5 Å². The van der Waals surface area contributed by atoms with Crippen LogP contribution in [-0.4, -0.2) is 39.8 Å². The molecule has 0 saturated carbocycles. The number of nitrogens with zero attached hydrogens (tertiary/aromatic N) is 3. The van der Waals surface area contributed by atoms with Crippen LogP contribution in [0, 0.1) is 13.8 Å². The van der Waals surface area contributed by atoms with E-state index in [4.69, 9.17) is 40.2 Å². The molecule has 2 aromatic heterocycles. The normalized spacial score (nSPS) is 18.3. The lowest BCUT2D eigenvalue weighted by Crippen LogP contribution is -2.31. The highest BCUT2D eigenvalue weighted by Gasteiger charge is 2.41. The summed E-state index contributed by atoms with van der Waals surface area (Å²) >= 11 is 18.7. The quantitative estimate of drug-likeness (QED) is 0.335. The maximum Gasteiger partial charge on any atom is 0.170 e. The number of benzene rings is 1. The number of aromatic nitrogens is 2. The van der Waals surface area contributed by atoms with E-state index in [1.54, 1.807) is 13.2 Å². The van der Waals surface area contributed by atoms with Gasteiger partial charge in [0.05, 0.1) is 33.5 Å². The summed E-state index contributed by atoms with van der Waals surface area (Å²) in [6, 6.07) is 13.8. The van der Waals surface area contributed by atoms with E-state index in [0.717, 1.165) is 40.8 Å². The summed E-state index contributed by atoms with van der Waals surface area (Å²) in [7, 11) is 1.72. The third-order valence-corrected chi connectivity index (χ3v) is 7.07. The number of ether oxygens (including phenoxy) is 1. The Balaban J connectivity index is 1.82. The van der Waals surface area contributed by atoms with Crippen molar-refractivity contribution in [2.75, 3.05) is 20.3 Å². The summed E-state index contributed by atoms with van der Waals surface area (Å²) in [5.41, 5.74) is 5.19. The Morgan fingerprint density at radius 2 is 1.97 bits per heavy atom. The zero-order valence-corrected chi connectivity index (χ0v) is 20.6. The van der Waals surface area contributed by atoms with Crippen molar-refractivity contribution in [2.45, 2.75) is 32.4 Å². The van der Waals surface area contributed by atoms with E-state index in [1.807, 2.05) is 36.5 Å². The average molecular weight is 489 g/mol. The van der Waals surface area contributed by atoms with E-state index < -0.39 is 0 Å². The lowest BCUT2D eigenvalue weighted by atomic mass is 9.96. The minimum atomic E-state index is -0.0602. The summed E-state index contributed by atoms with van der Waals surface area (Å²) in [5, 5.41) is 5.32. The number of halogens is 2. The zero-order chi connectivity index (χ0) is 22.8. The fourth-order valence-corrected chi connectivity index (χ4v) is 5.20. The first kappa shape index (κ1) is 23.1. The molecule has 1 N–H and O–H groups in total. The van der Waals surface area contributed by atoms with E-state index in [-0.39, 0.29) is 12.1 Å². The molecule has 0 amide bonds. The molecule has 32 heavy (non-hydrogen) atoms. The van der Waals surface area contributed by atoms with Crippen LogP contribution in [0.5, 0.6) is 0 Å². The Kier molecular flexibility index (Phi) is 7.05. The first-order valence-corrected chi connectivity index (χ1v) is 11.7. The van der Waals surface area contributed by atoms with Crippen LogP contribution in [0.4, 0.5) is 0 Å². The molecular weight excluding hydrogens is 463 g/mol. The Bertz CT molecular complexity index is 1120. The van der Waals surface area contributed by atoms with Crippen molar-refractivity contribution in [2.24, 2.45) is 0 Å². The van der Waals surface area contributed by atoms with E-state index in [9.17, 15) is 0 Å². The average Bonchev–Trinajstić information content (AvgIpc) is 3.26. The second-order valence-electron chi connectivity index (χ2n) is 7.90. The lowest BCUT2D eigenvalue weighted by molar-refractivity contribution is 0.180. The fraction of sp³-hybridized carbons (Fsp3) is 0.333. The van der Waals surface area contributed by atoms with Gasteiger partial charge in [0.2, 0.25) is 0 Å². The van der Waals surface area contributed by atoms with Gasteiger partial charge < -0.3 is 19.5 Å². The molecule has 1 saturated heterocycles. The van der Waals surface area contributed by atoms with Crippen LogP contribution < -0.4 is 5.32 Å². The monoisotopic (exact) mass is 488 g/mol. The van der Waals surface area contributed by atoms with Crippen LogP contribution in [0.25, 0.3) is 5.69 Å². The van der Waals surface area contributed by atoms with Crippen molar-refractivity contribution in [3.8, 4) is 5.69 Å². The molecule has 0 aliphatic carbocycles. The topological polar surface area (TPSA) is 42.3 Å². The van der Waals surface area contributed by atoms with Crippen LogP contribution in [-0.2, 0) is 4.74 Å². The smallest absolute Gasteiger partial charge is 0.170 e. The van der Waals surface area contributed by atoms with Crippen molar-refractivity contribution in [1.29, 1.82) is 0 Å². The lowest BCUT2D eigenvalue weighted by Gasteiger charge is -2.28. The van der Waals surface area contributed by atoms with Gasteiger partial charge in [-0.15, -0.1) is 0 Å². The molecule has 3 heterocycles. The maximum absolute atomic E-state index is 6.58. The number of hydrogen-bond acceptors (Lipinski definition) is 3. The summed E-state index contributed by atoms with van der Waals surface area (Å²) in [6.45, 7) is 5.66. The van der Waals surface area contributed by atoms with Gasteiger partial charge in [0.1, 0.15) is 0 Å². The van der Waals surface area contributed by atoms with Crippen LogP contribution >= 0.6 is 35.4 Å². The molecule has 0 unspecified atom stereocenters. The molecule has 3 aromatic rings. The largest absolute Gasteiger partial charge is 0.385 e. The molecule has 0 spiro atoms. The highest BCUT2D eigenvalue weighted by molar-refractivity contribution is 7.80. The second-order valence-corrected chi connectivity index (χ2v) is 9.07. The molecule has 5 nitrogen and oxygen atoms in total. The van der Waals surface area contributed by atoms with Gasteiger partial charge in [-0.3, -0.25) is 4.98 Å². The molecule has 0 bridgehead atoms. The van der Waals surface area contributed by atoms with Crippen molar-refractivity contribution in [3.63, 3.8) is 0 Å². The van der Waals surface area contributed by atoms with Gasteiger partial charge >= 0.3 is 0 Å². The van der Waals surface area contributed by atoms with Gasteiger partial charge in [-0.05, 0) is 68.4 Å². The second kappa shape index (κ2) is 9.79. The van der Waals surface area contributed by atoms with Crippen molar-refractivity contribution < 1.29 is 4.74 Å². The van der Waals surface area contributed by atoms with Gasteiger partial charge in [0.25, 0.3) is 0 Å². The molecule has 8 heteroatoms. The van der Waals surface area contributed by atoms with Crippen LogP contribution in [0.3, 0.4) is 0 Å². The fourth-order valence-electron chi connectivity index (χ4n) is 4.49. The molecule has 1 aliphatic rings. The molecule has 4 rings (SSSR count). The van der Waals surface area contributed by atoms with Gasteiger partial charge in [-0.2, -0.15) is 0 Å². The summed E-state index contributed by atoms with van der Waals surface area (Å²) in [5.74, 6) is 0. The van der Waals surface area contributed by atoms with E-state index in [1.165, 1.54) is 5.56 Å². The summed E-state index contributed by atoms with van der Waals surface area (Å²) < 4.78 is 7.44. The number of hydrogen-bond donors (Lipinski definition) is 1. The van der Waals surface area contributed by atoms with Gasteiger partial charge in [-0.1, -0.05) is 35.3 Å². The van der Waals surface area contributed by atoms with Gasteiger partial charge in [0.15, 0.2) is 5.11 Å². The predicted octanol–water partition coefficient (Wildman–Crippen LogP) is 5.80. The number of methoxy groups -OCH3 is 1. The van der Waals surface area contributed by atoms with Crippen molar-refractivity contribution in [3.05, 3.63) is 81.4 Å². The number of pyridine rings is 1. The maximum atomic E-state index is 6.58. The minimum Gasteiger partial charge on any atom is -0.385 e. The molecule has 1 aromatic carbocycles. The number of rotatable bonds is 7. The van der Waals surface area contributed by atoms with Crippen LogP contribution in [0.2, 0.25) is 10.0 Å². The molecule has 2 atom stereocenters. The van der Waals surface area contributed by atoms with E-state index in [2.05, 4.69) is 39.7 Å². The first-order chi connectivity index (χ1) is 15.4. The molecule has 1 fully saturated rings. The van der Waals surface area contributed by atoms with E-state index in [0.29, 0.717) is 16.7 Å². The Morgan fingerprint density at radius 3 is 2.69 bits per heavy atom. The molecule has 0 radical (unpaired) electrons. The molecule has 1 aliphatic heterocycles. The Labute approximate surface area is 204 Å². The standard InChI is InChI=1S/C24H26Cl2N4OS/c1-15-14-17(16(2)30(15)20-10-6-8-18(25)21(20)26)23-22(19-9-4-5-11-27-19)28-24(32)29(23)12-7-13-31-3/h4-6,8-11,14,22-23H,7,12-13H2,1-3H3,(H,28,32)/t22-,23+/m0/s1. The third-order valence-electron chi connectivity index (χ3n) is 5.91. The predicted molar refractivity (Wildman–Crippen MR) is 134 cm³/mol. The van der Waals surface area contributed by atoms with Crippen molar-refractivity contribution in [1.82, 2.24) is 19.8 Å². The highest BCUT2D eigenvalue weighted by atomic mass is 35.5. The minimum absolute atomic E-state index is 0.00725. The SMILES string of the molecule is COCCCN1C(=S)N[C@@H](c2ccccn2)[C@H]1c1cc(C)n(-c2cccc(Cl)c2Cl)c1C. The van der Waals surface area contributed by atoms with Gasteiger partial charge in [-0.25, -0.2) is 0 Å². The Hall–Kier alpha value is -2.12. The van der Waals surface area contributed by atoms with E-state index >= 15 is 0 Å². The van der Waals surface area contributed by atoms with Gasteiger partial charge in [0, 0.05) is 37.8 Å². The summed E-state index contributed by atoms with van der Waals surface area (Å²) in [4.78, 5) is 6.88. The number of thiocarbonyl (C=S) groups is 1. The molecular formula is C24H26Cl2N4OS. The number of aryl methyl sites for hydroxylation is 1. The van der Waals surface area contributed by atoms with Crippen LogP contribution in [0.15, 0.2) is 48.7 Å². The Morgan fingerprint density at radius 1 is 1.16 bits per heavy atom.